The molecule has 13 heavy (non-hydrogen) atoms. The van der Waals surface area contributed by atoms with Crippen LogP contribution in [0.1, 0.15) is 11.1 Å². The van der Waals surface area contributed by atoms with Gasteiger partial charge in [-0.05, 0) is 12.1 Å². The van der Waals surface area contributed by atoms with Crippen LogP contribution in [0.5, 0.6) is 0 Å². The molecule has 0 saturated carbocycles. The second kappa shape index (κ2) is 2.81. The quantitative estimate of drug-likeness (QED) is 0.623. The molecule has 0 aliphatic heterocycles. The van der Waals surface area contributed by atoms with E-state index >= 15 is 0 Å². The summed E-state index contributed by atoms with van der Waals surface area (Å²) in [6.45, 7) is 0. The third kappa shape index (κ3) is 1.12. The first-order valence-corrected chi connectivity index (χ1v) is 4.14. The van der Waals surface area contributed by atoms with Crippen molar-refractivity contribution >= 4 is 22.8 Å². The normalized spacial score (nSPS) is 9.38. The summed E-state index contributed by atoms with van der Waals surface area (Å²) < 4.78 is 7.95. The van der Waals surface area contributed by atoms with Crippen molar-refractivity contribution in [1.82, 2.24) is 8.75 Å². The maximum Gasteiger partial charge on any atom is 0.106 e. The molecule has 0 aliphatic carbocycles. The molecule has 5 heteroatoms. The predicted octanol–water partition coefficient (Wildman–Crippen LogP) is 1.43. The van der Waals surface area contributed by atoms with E-state index in [0.29, 0.717) is 22.2 Å². The van der Waals surface area contributed by atoms with E-state index in [0.717, 1.165) is 11.7 Å². The van der Waals surface area contributed by atoms with Crippen LogP contribution in [-0.2, 0) is 0 Å². The molecule has 0 fully saturated rings. The molecular formula is C8H2N4S. The third-order valence-corrected chi connectivity index (χ3v) is 2.19. The fourth-order valence-corrected chi connectivity index (χ4v) is 1.53. The molecule has 0 aliphatic rings. The zero-order valence-electron chi connectivity index (χ0n) is 6.35. The Hall–Kier alpha value is -1.98. The van der Waals surface area contributed by atoms with Crippen LogP contribution in [0, 0.1) is 22.7 Å². The molecule has 1 aromatic heterocycles. The number of rotatable bonds is 0. The van der Waals surface area contributed by atoms with E-state index in [2.05, 4.69) is 8.75 Å². The SMILES string of the molecule is N#Cc1cc2nsnc2cc1C#N. The van der Waals surface area contributed by atoms with Gasteiger partial charge in [-0.2, -0.15) is 19.3 Å². The highest BCUT2D eigenvalue weighted by molar-refractivity contribution is 7.00. The lowest BCUT2D eigenvalue weighted by Crippen LogP contribution is -1.83. The van der Waals surface area contributed by atoms with E-state index in [9.17, 15) is 0 Å². The number of nitrogens with zero attached hydrogens (tertiary/aromatic N) is 4. The summed E-state index contributed by atoms with van der Waals surface area (Å²) in [6.07, 6.45) is 0. The maximum atomic E-state index is 8.70. The van der Waals surface area contributed by atoms with Crippen molar-refractivity contribution in [2.75, 3.05) is 0 Å². The van der Waals surface area contributed by atoms with E-state index in [1.807, 2.05) is 12.1 Å². The first-order valence-electron chi connectivity index (χ1n) is 3.41. The molecule has 1 aromatic carbocycles. The summed E-state index contributed by atoms with van der Waals surface area (Å²) >= 11 is 1.07. The fourth-order valence-electron chi connectivity index (χ4n) is 1.02. The summed E-state index contributed by atoms with van der Waals surface area (Å²) in [4.78, 5) is 0. The molecule has 0 bridgehead atoms. The van der Waals surface area contributed by atoms with Crippen LogP contribution < -0.4 is 0 Å². The molecular weight excluding hydrogens is 184 g/mol. The largest absolute Gasteiger partial charge is 0.192 e. The van der Waals surface area contributed by atoms with E-state index < -0.39 is 0 Å². The molecule has 60 valence electrons. The van der Waals surface area contributed by atoms with Gasteiger partial charge in [-0.3, -0.25) is 0 Å². The molecule has 0 amide bonds. The molecule has 0 saturated heterocycles. The minimum atomic E-state index is 0.350. The number of hydrogen-bond donors (Lipinski definition) is 0. The van der Waals surface area contributed by atoms with Gasteiger partial charge in [-0.25, -0.2) is 0 Å². The van der Waals surface area contributed by atoms with Crippen molar-refractivity contribution in [1.29, 1.82) is 10.5 Å². The van der Waals surface area contributed by atoms with Crippen LogP contribution in [-0.4, -0.2) is 8.75 Å². The lowest BCUT2D eigenvalue weighted by Gasteiger charge is -1.91. The lowest BCUT2D eigenvalue weighted by atomic mass is 10.1. The number of aromatic nitrogens is 2. The second-order valence-electron chi connectivity index (χ2n) is 2.37. The monoisotopic (exact) mass is 186 g/mol. The van der Waals surface area contributed by atoms with E-state index in [1.165, 1.54) is 0 Å². The van der Waals surface area contributed by atoms with Crippen molar-refractivity contribution in [2.24, 2.45) is 0 Å². The van der Waals surface area contributed by atoms with Crippen LogP contribution in [0.4, 0.5) is 0 Å². The molecule has 1 heterocycles. The zero-order valence-corrected chi connectivity index (χ0v) is 7.17. The molecule has 4 nitrogen and oxygen atoms in total. The Balaban J connectivity index is 2.85. The first kappa shape index (κ1) is 7.66. The van der Waals surface area contributed by atoms with Gasteiger partial charge < -0.3 is 0 Å². The Labute approximate surface area is 78.0 Å². The van der Waals surface area contributed by atoms with Gasteiger partial charge in [0.05, 0.1) is 22.9 Å². The van der Waals surface area contributed by atoms with E-state index in [4.69, 9.17) is 10.5 Å². The van der Waals surface area contributed by atoms with Crippen LogP contribution in [0.3, 0.4) is 0 Å². The molecule has 0 spiro atoms. The van der Waals surface area contributed by atoms with Gasteiger partial charge >= 0.3 is 0 Å². The molecule has 2 aromatic rings. The maximum absolute atomic E-state index is 8.70. The summed E-state index contributed by atoms with van der Waals surface area (Å²) in [7, 11) is 0. The number of nitriles is 2. The van der Waals surface area contributed by atoms with E-state index in [-0.39, 0.29) is 0 Å². The van der Waals surface area contributed by atoms with Gasteiger partial charge in [-0.1, -0.05) is 0 Å². The second-order valence-corrected chi connectivity index (χ2v) is 2.90. The Bertz CT molecular complexity index is 495. The van der Waals surface area contributed by atoms with Crippen molar-refractivity contribution in [3.63, 3.8) is 0 Å². The third-order valence-electron chi connectivity index (χ3n) is 1.63. The number of fused-ring (bicyclic) bond motifs is 1. The molecule has 0 atom stereocenters. The Morgan fingerprint density at radius 3 is 1.85 bits per heavy atom. The minimum Gasteiger partial charge on any atom is -0.192 e. The van der Waals surface area contributed by atoms with Crippen molar-refractivity contribution in [3.05, 3.63) is 23.3 Å². The summed E-state index contributed by atoms with van der Waals surface area (Å²) in [5, 5.41) is 17.4. The Kier molecular flexibility index (Phi) is 1.66. The van der Waals surface area contributed by atoms with Crippen LogP contribution in [0.2, 0.25) is 0 Å². The lowest BCUT2D eigenvalue weighted by molar-refractivity contribution is 1.44. The Morgan fingerprint density at radius 2 is 1.46 bits per heavy atom. The molecule has 0 radical (unpaired) electrons. The predicted molar refractivity (Wildman–Crippen MR) is 46.8 cm³/mol. The van der Waals surface area contributed by atoms with E-state index in [1.54, 1.807) is 12.1 Å². The van der Waals surface area contributed by atoms with Crippen molar-refractivity contribution in [2.45, 2.75) is 0 Å². The summed E-state index contributed by atoms with van der Waals surface area (Å²) in [5.41, 5.74) is 2.03. The average molecular weight is 186 g/mol. The first-order chi connectivity index (χ1) is 6.35. The van der Waals surface area contributed by atoms with Gasteiger partial charge in [0.25, 0.3) is 0 Å². The van der Waals surface area contributed by atoms with Crippen LogP contribution in [0.25, 0.3) is 11.0 Å². The van der Waals surface area contributed by atoms with Gasteiger partial charge in [-0.15, -0.1) is 0 Å². The smallest absolute Gasteiger partial charge is 0.106 e. The fraction of sp³-hybridized carbons (Fsp3) is 0. The number of hydrogen-bond acceptors (Lipinski definition) is 5. The van der Waals surface area contributed by atoms with Gasteiger partial charge in [0.1, 0.15) is 23.2 Å². The Morgan fingerprint density at radius 1 is 1.00 bits per heavy atom. The van der Waals surface area contributed by atoms with Crippen molar-refractivity contribution < 1.29 is 0 Å². The van der Waals surface area contributed by atoms with Gasteiger partial charge in [0.2, 0.25) is 0 Å². The minimum absolute atomic E-state index is 0.350. The van der Waals surface area contributed by atoms with Gasteiger partial charge in [0.15, 0.2) is 0 Å². The van der Waals surface area contributed by atoms with Crippen LogP contribution in [0.15, 0.2) is 12.1 Å². The highest BCUT2D eigenvalue weighted by Crippen LogP contribution is 2.17. The molecule has 0 unspecified atom stereocenters. The topological polar surface area (TPSA) is 73.4 Å². The molecule has 0 N–H and O–H groups in total. The zero-order chi connectivity index (χ0) is 9.26. The highest BCUT2D eigenvalue weighted by Gasteiger charge is 2.06. The van der Waals surface area contributed by atoms with Crippen LogP contribution >= 0.6 is 11.7 Å². The molecule has 2 rings (SSSR count). The number of benzene rings is 1. The van der Waals surface area contributed by atoms with Gasteiger partial charge in [0, 0.05) is 0 Å². The summed E-state index contributed by atoms with van der Waals surface area (Å²) in [5.74, 6) is 0. The highest BCUT2D eigenvalue weighted by atomic mass is 32.1. The average Bonchev–Trinajstić information content (AvgIpc) is 2.62. The standard InChI is InChI=1S/C8H2N4S/c9-3-5-1-7-8(12-13-11-7)2-6(5)4-10/h1-2H. The van der Waals surface area contributed by atoms with Crippen molar-refractivity contribution in [3.8, 4) is 12.1 Å². The summed E-state index contributed by atoms with van der Waals surface area (Å²) in [6, 6.07) is 7.05.